The Morgan fingerprint density at radius 2 is 2.41 bits per heavy atom. The van der Waals surface area contributed by atoms with Gasteiger partial charge in [0.25, 0.3) is 11.5 Å². The molecule has 8 heteroatoms. The summed E-state index contributed by atoms with van der Waals surface area (Å²) in [5, 5.41) is 3.41. The maximum absolute atomic E-state index is 12.5. The lowest BCUT2D eigenvalue weighted by Crippen LogP contribution is -2.50. The first-order valence-corrected chi connectivity index (χ1v) is 7.81. The van der Waals surface area contributed by atoms with Crippen molar-refractivity contribution in [3.63, 3.8) is 0 Å². The molecule has 2 aromatic heterocycles. The van der Waals surface area contributed by atoms with Crippen LogP contribution in [-0.4, -0.2) is 48.3 Å². The summed E-state index contributed by atoms with van der Waals surface area (Å²) in [5.74, 6) is -0.225. The van der Waals surface area contributed by atoms with Crippen LogP contribution in [0.1, 0.15) is 21.7 Å². The Kier molecular flexibility index (Phi) is 4.23. The minimum atomic E-state index is -0.228. The number of carbonyl (C=O) groups excluding carboxylic acids is 1. The molecule has 22 heavy (non-hydrogen) atoms. The van der Waals surface area contributed by atoms with Crippen LogP contribution in [0.25, 0.3) is 10.2 Å². The topological polar surface area (TPSA) is 93.3 Å². The number of nitrogens with one attached hydrogen (secondary N) is 2. The summed E-state index contributed by atoms with van der Waals surface area (Å²) >= 11 is 1.22. The Morgan fingerprint density at radius 1 is 1.59 bits per heavy atom. The van der Waals surface area contributed by atoms with Crippen LogP contribution >= 0.6 is 11.3 Å². The normalized spacial score (nSPS) is 21.9. The van der Waals surface area contributed by atoms with E-state index < -0.39 is 0 Å². The molecule has 2 atom stereocenters. The first-order chi connectivity index (χ1) is 10.6. The summed E-state index contributed by atoms with van der Waals surface area (Å²) in [6.45, 7) is 2.81. The predicted octanol–water partition coefficient (Wildman–Crippen LogP) is 0.827. The molecule has 7 nitrogen and oxygen atoms in total. The molecule has 1 amide bonds. The summed E-state index contributed by atoms with van der Waals surface area (Å²) < 4.78 is 10.8. The largest absolute Gasteiger partial charge is 0.379 e. The second kappa shape index (κ2) is 6.15. The van der Waals surface area contributed by atoms with Crippen LogP contribution in [-0.2, 0) is 9.47 Å². The molecule has 1 fully saturated rings. The number of ether oxygens (including phenoxy) is 2. The zero-order chi connectivity index (χ0) is 15.7. The number of nitrogens with zero attached hydrogens (tertiary/aromatic N) is 1. The summed E-state index contributed by atoms with van der Waals surface area (Å²) in [4.78, 5) is 32.1. The lowest BCUT2D eigenvalue weighted by Gasteiger charge is -2.30. The first kappa shape index (κ1) is 15.1. The molecule has 2 aromatic rings. The molecule has 2 unspecified atom stereocenters. The number of aryl methyl sites for hydroxylation is 1. The molecule has 0 spiro atoms. The van der Waals surface area contributed by atoms with E-state index >= 15 is 0 Å². The summed E-state index contributed by atoms with van der Waals surface area (Å²) in [5.41, 5.74) is 0.422. The van der Waals surface area contributed by atoms with Crippen molar-refractivity contribution in [1.29, 1.82) is 0 Å². The standard InChI is InChI=1S/C14H17N3O4S/c1-7-10-12(18)15-6-16-14(10)22-11(7)13(19)17-8-5-21-4-3-9(8)20-2/h6,8-9H,3-5H2,1-2H3,(H,17,19)(H,15,16,18). The molecule has 1 aliphatic rings. The molecular formula is C14H17N3O4S. The van der Waals surface area contributed by atoms with Crippen LogP contribution in [0.2, 0.25) is 0 Å². The highest BCUT2D eigenvalue weighted by atomic mass is 32.1. The van der Waals surface area contributed by atoms with E-state index in [0.717, 1.165) is 6.42 Å². The van der Waals surface area contributed by atoms with Crippen molar-refractivity contribution < 1.29 is 14.3 Å². The smallest absolute Gasteiger partial charge is 0.262 e. The van der Waals surface area contributed by atoms with Gasteiger partial charge in [-0.2, -0.15) is 0 Å². The number of aromatic nitrogens is 2. The van der Waals surface area contributed by atoms with E-state index in [1.54, 1.807) is 14.0 Å². The Hall–Kier alpha value is -1.77. The third kappa shape index (κ3) is 2.65. The fraction of sp³-hybridized carbons (Fsp3) is 0.500. The van der Waals surface area contributed by atoms with Gasteiger partial charge in [-0.1, -0.05) is 0 Å². The van der Waals surface area contributed by atoms with E-state index in [4.69, 9.17) is 9.47 Å². The van der Waals surface area contributed by atoms with Gasteiger partial charge < -0.3 is 19.8 Å². The van der Waals surface area contributed by atoms with E-state index in [2.05, 4.69) is 15.3 Å². The van der Waals surface area contributed by atoms with Gasteiger partial charge in [-0.05, 0) is 18.9 Å². The van der Waals surface area contributed by atoms with E-state index in [0.29, 0.717) is 33.9 Å². The van der Waals surface area contributed by atoms with Crippen molar-refractivity contribution in [2.45, 2.75) is 25.5 Å². The monoisotopic (exact) mass is 323 g/mol. The van der Waals surface area contributed by atoms with E-state index in [-0.39, 0.29) is 23.6 Å². The molecule has 0 saturated carbocycles. The zero-order valence-corrected chi connectivity index (χ0v) is 13.2. The van der Waals surface area contributed by atoms with Gasteiger partial charge in [0.05, 0.1) is 35.3 Å². The fourth-order valence-corrected chi connectivity index (χ4v) is 3.72. The number of rotatable bonds is 3. The Bertz CT molecular complexity index is 754. The predicted molar refractivity (Wildman–Crippen MR) is 82.5 cm³/mol. The molecular weight excluding hydrogens is 306 g/mol. The highest BCUT2D eigenvalue weighted by molar-refractivity contribution is 7.20. The Balaban J connectivity index is 1.88. The van der Waals surface area contributed by atoms with Gasteiger partial charge in [0.1, 0.15) is 4.83 Å². The van der Waals surface area contributed by atoms with Crippen LogP contribution in [0.15, 0.2) is 11.1 Å². The maximum atomic E-state index is 12.5. The summed E-state index contributed by atoms with van der Waals surface area (Å²) in [7, 11) is 1.63. The Labute approximate surface area is 130 Å². The van der Waals surface area contributed by atoms with Crippen LogP contribution in [0.3, 0.4) is 0 Å². The number of fused-ring (bicyclic) bond motifs is 1. The van der Waals surface area contributed by atoms with Gasteiger partial charge in [-0.15, -0.1) is 11.3 Å². The van der Waals surface area contributed by atoms with Gasteiger partial charge in [-0.25, -0.2) is 4.98 Å². The minimum absolute atomic E-state index is 0.0612. The molecule has 0 aromatic carbocycles. The third-order valence-electron chi connectivity index (χ3n) is 3.85. The molecule has 1 saturated heterocycles. The molecule has 0 radical (unpaired) electrons. The van der Waals surface area contributed by atoms with Gasteiger partial charge in [0, 0.05) is 13.7 Å². The van der Waals surface area contributed by atoms with Crippen molar-refractivity contribution in [1.82, 2.24) is 15.3 Å². The second-order valence-electron chi connectivity index (χ2n) is 5.19. The summed E-state index contributed by atoms with van der Waals surface area (Å²) in [6, 6.07) is -0.192. The molecule has 3 heterocycles. The molecule has 0 bridgehead atoms. The lowest BCUT2D eigenvalue weighted by atomic mass is 10.1. The van der Waals surface area contributed by atoms with Crippen molar-refractivity contribution in [3.05, 3.63) is 27.1 Å². The number of methoxy groups -OCH3 is 1. The Morgan fingerprint density at radius 3 is 3.14 bits per heavy atom. The van der Waals surface area contributed by atoms with Crippen molar-refractivity contribution in [2.24, 2.45) is 0 Å². The van der Waals surface area contributed by atoms with E-state index in [9.17, 15) is 9.59 Å². The zero-order valence-electron chi connectivity index (χ0n) is 12.3. The number of thiophene rings is 1. The third-order valence-corrected chi connectivity index (χ3v) is 5.05. The number of H-pyrrole nitrogens is 1. The minimum Gasteiger partial charge on any atom is -0.379 e. The first-order valence-electron chi connectivity index (χ1n) is 7.00. The number of hydrogen-bond donors (Lipinski definition) is 2. The van der Waals surface area contributed by atoms with Crippen LogP contribution in [0.5, 0.6) is 0 Å². The highest BCUT2D eigenvalue weighted by Gasteiger charge is 2.28. The average Bonchev–Trinajstić information content (AvgIpc) is 2.86. The van der Waals surface area contributed by atoms with Gasteiger partial charge >= 0.3 is 0 Å². The fourth-order valence-electron chi connectivity index (χ4n) is 2.66. The van der Waals surface area contributed by atoms with Crippen LogP contribution < -0.4 is 10.9 Å². The van der Waals surface area contributed by atoms with Crippen molar-refractivity contribution in [2.75, 3.05) is 20.3 Å². The van der Waals surface area contributed by atoms with Gasteiger partial charge in [0.2, 0.25) is 0 Å². The number of hydrogen-bond acceptors (Lipinski definition) is 6. The van der Waals surface area contributed by atoms with Gasteiger partial charge in [0.15, 0.2) is 0 Å². The van der Waals surface area contributed by atoms with E-state index in [1.807, 2.05) is 0 Å². The molecule has 118 valence electrons. The summed E-state index contributed by atoms with van der Waals surface area (Å²) in [6.07, 6.45) is 2.03. The number of aromatic amines is 1. The number of carbonyl (C=O) groups is 1. The maximum Gasteiger partial charge on any atom is 0.262 e. The average molecular weight is 323 g/mol. The van der Waals surface area contributed by atoms with Crippen LogP contribution in [0.4, 0.5) is 0 Å². The van der Waals surface area contributed by atoms with Crippen LogP contribution in [0, 0.1) is 6.92 Å². The molecule has 1 aliphatic heterocycles. The number of amides is 1. The quantitative estimate of drug-likeness (QED) is 0.872. The van der Waals surface area contributed by atoms with E-state index in [1.165, 1.54) is 17.7 Å². The molecule has 0 aliphatic carbocycles. The highest BCUT2D eigenvalue weighted by Crippen LogP contribution is 2.26. The van der Waals surface area contributed by atoms with Crippen molar-refractivity contribution in [3.8, 4) is 0 Å². The lowest BCUT2D eigenvalue weighted by molar-refractivity contribution is -0.0348. The SMILES string of the molecule is COC1CCOCC1NC(=O)c1sc2nc[nH]c(=O)c2c1C. The van der Waals surface area contributed by atoms with Gasteiger partial charge in [-0.3, -0.25) is 9.59 Å². The second-order valence-corrected chi connectivity index (χ2v) is 6.18. The molecule has 2 N–H and O–H groups in total. The molecule has 3 rings (SSSR count). The van der Waals surface area contributed by atoms with Crippen molar-refractivity contribution >= 4 is 27.5 Å².